The van der Waals surface area contributed by atoms with Crippen LogP contribution in [-0.2, 0) is 6.54 Å². The van der Waals surface area contributed by atoms with Crippen molar-refractivity contribution in [3.63, 3.8) is 0 Å². The normalized spacial score (nSPS) is 12.1. The summed E-state index contributed by atoms with van der Waals surface area (Å²) in [4.78, 5) is 0. The van der Waals surface area contributed by atoms with Crippen molar-refractivity contribution in [2.75, 3.05) is 0 Å². The van der Waals surface area contributed by atoms with Crippen LogP contribution in [0.2, 0.25) is 5.02 Å². The first-order valence-electron chi connectivity index (χ1n) is 4.70. The van der Waals surface area contributed by atoms with Gasteiger partial charge in [0.05, 0.1) is 6.04 Å². The van der Waals surface area contributed by atoms with E-state index >= 15 is 0 Å². The summed E-state index contributed by atoms with van der Waals surface area (Å²) in [7, 11) is 0. The molecule has 1 nitrogen and oxygen atoms in total. The van der Waals surface area contributed by atoms with Crippen LogP contribution in [0, 0.1) is 12.3 Å². The van der Waals surface area contributed by atoms with E-state index in [1.807, 2.05) is 24.3 Å². The molecule has 14 heavy (non-hydrogen) atoms. The first kappa shape index (κ1) is 11.1. The number of halogens is 1. The van der Waals surface area contributed by atoms with Gasteiger partial charge in [0.25, 0.3) is 0 Å². The van der Waals surface area contributed by atoms with Gasteiger partial charge < -0.3 is 0 Å². The highest BCUT2D eigenvalue weighted by atomic mass is 35.5. The maximum atomic E-state index is 5.78. The summed E-state index contributed by atoms with van der Waals surface area (Å²) in [6, 6.07) is 7.92. The molecule has 74 valence electrons. The summed E-state index contributed by atoms with van der Waals surface area (Å²) < 4.78 is 0. The van der Waals surface area contributed by atoms with Crippen molar-refractivity contribution in [3.05, 3.63) is 34.9 Å². The Bertz CT molecular complexity index is 310. The Balaban J connectivity index is 2.46. The predicted octanol–water partition coefficient (Wildman–Crippen LogP) is 2.84. The molecular weight excluding hydrogens is 194 g/mol. The summed E-state index contributed by atoms with van der Waals surface area (Å²) in [5.41, 5.74) is 1.20. The highest BCUT2D eigenvalue weighted by molar-refractivity contribution is 6.30. The molecule has 1 atom stereocenters. The molecule has 1 N–H and O–H groups in total. The lowest BCUT2D eigenvalue weighted by Gasteiger charge is -2.10. The minimum absolute atomic E-state index is 0.158. The van der Waals surface area contributed by atoms with Gasteiger partial charge in [-0.3, -0.25) is 5.32 Å². The predicted molar refractivity (Wildman–Crippen MR) is 61.2 cm³/mol. The third-order valence-electron chi connectivity index (χ3n) is 2.08. The lowest BCUT2D eigenvalue weighted by atomic mass is 10.2. The van der Waals surface area contributed by atoms with Gasteiger partial charge in [0.15, 0.2) is 0 Å². The van der Waals surface area contributed by atoms with Gasteiger partial charge >= 0.3 is 0 Å². The summed E-state index contributed by atoms with van der Waals surface area (Å²) in [5, 5.41) is 4.04. The molecule has 0 heterocycles. The van der Waals surface area contributed by atoms with Crippen LogP contribution in [0.15, 0.2) is 24.3 Å². The van der Waals surface area contributed by atoms with E-state index in [2.05, 4.69) is 18.2 Å². The average molecular weight is 208 g/mol. The van der Waals surface area contributed by atoms with Gasteiger partial charge in [0, 0.05) is 11.6 Å². The molecule has 0 aliphatic rings. The molecule has 1 aromatic rings. The van der Waals surface area contributed by atoms with Crippen LogP contribution < -0.4 is 5.32 Å². The van der Waals surface area contributed by atoms with Crippen LogP contribution in [0.5, 0.6) is 0 Å². The van der Waals surface area contributed by atoms with Crippen LogP contribution in [0.1, 0.15) is 18.9 Å². The molecule has 0 aliphatic heterocycles. The number of hydrogen-bond donors (Lipinski definition) is 1. The minimum Gasteiger partial charge on any atom is -0.300 e. The fourth-order valence-corrected chi connectivity index (χ4v) is 1.29. The number of benzene rings is 1. The van der Waals surface area contributed by atoms with Gasteiger partial charge in [-0.15, -0.1) is 6.42 Å². The van der Waals surface area contributed by atoms with Gasteiger partial charge in [-0.1, -0.05) is 36.6 Å². The first-order chi connectivity index (χ1) is 6.76. The van der Waals surface area contributed by atoms with Crippen molar-refractivity contribution < 1.29 is 0 Å². The van der Waals surface area contributed by atoms with Crippen LogP contribution in [0.25, 0.3) is 0 Å². The third-order valence-corrected chi connectivity index (χ3v) is 2.33. The van der Waals surface area contributed by atoms with E-state index in [0.717, 1.165) is 18.0 Å². The van der Waals surface area contributed by atoms with Crippen molar-refractivity contribution in [2.45, 2.75) is 25.9 Å². The van der Waals surface area contributed by atoms with Gasteiger partial charge in [-0.05, 0) is 24.1 Å². The summed E-state index contributed by atoms with van der Waals surface area (Å²) in [6.07, 6.45) is 6.29. The number of nitrogens with one attached hydrogen (secondary N) is 1. The molecule has 0 bridgehead atoms. The second kappa shape index (κ2) is 5.70. The maximum absolute atomic E-state index is 5.78. The van der Waals surface area contributed by atoms with E-state index in [1.165, 1.54) is 5.56 Å². The van der Waals surface area contributed by atoms with Gasteiger partial charge in [0.2, 0.25) is 0 Å². The highest BCUT2D eigenvalue weighted by Gasteiger charge is 2.00. The lowest BCUT2D eigenvalue weighted by molar-refractivity contribution is 0.592. The molecule has 0 fully saturated rings. The molecule has 0 aliphatic carbocycles. The molecule has 0 amide bonds. The average Bonchev–Trinajstić information content (AvgIpc) is 2.22. The Kier molecular flexibility index (Phi) is 4.52. The summed E-state index contributed by atoms with van der Waals surface area (Å²) in [5.74, 6) is 2.70. The molecule has 0 saturated carbocycles. The summed E-state index contributed by atoms with van der Waals surface area (Å²) in [6.45, 7) is 2.86. The molecule has 0 saturated heterocycles. The Hall–Kier alpha value is -0.970. The Morgan fingerprint density at radius 1 is 1.43 bits per heavy atom. The molecule has 2 heteroatoms. The second-order valence-electron chi connectivity index (χ2n) is 3.13. The van der Waals surface area contributed by atoms with Crippen LogP contribution >= 0.6 is 11.6 Å². The zero-order valence-electron chi connectivity index (χ0n) is 8.26. The summed E-state index contributed by atoms with van der Waals surface area (Å²) >= 11 is 5.78. The number of terminal acetylenes is 1. The van der Waals surface area contributed by atoms with E-state index in [0.29, 0.717) is 0 Å². The minimum atomic E-state index is 0.158. The van der Waals surface area contributed by atoms with Crippen LogP contribution in [0.4, 0.5) is 0 Å². The molecule has 0 aromatic heterocycles. The van der Waals surface area contributed by atoms with Crippen molar-refractivity contribution in [1.82, 2.24) is 5.32 Å². The lowest BCUT2D eigenvalue weighted by Crippen LogP contribution is -2.25. The van der Waals surface area contributed by atoms with Crippen molar-refractivity contribution in [2.24, 2.45) is 0 Å². The number of rotatable bonds is 4. The van der Waals surface area contributed by atoms with Gasteiger partial charge in [-0.2, -0.15) is 0 Å². The van der Waals surface area contributed by atoms with E-state index in [-0.39, 0.29) is 6.04 Å². The fraction of sp³-hybridized carbons (Fsp3) is 0.333. The Morgan fingerprint density at radius 2 is 2.07 bits per heavy atom. The zero-order valence-corrected chi connectivity index (χ0v) is 9.01. The maximum Gasteiger partial charge on any atom is 0.0686 e. The molecular formula is C12H14ClN. The van der Waals surface area contributed by atoms with Crippen molar-refractivity contribution >= 4 is 11.6 Å². The quantitative estimate of drug-likeness (QED) is 0.749. The first-order valence-corrected chi connectivity index (χ1v) is 5.08. The smallest absolute Gasteiger partial charge is 0.0686 e. The third kappa shape index (κ3) is 3.41. The molecule has 1 aromatic carbocycles. The Labute approximate surface area is 90.5 Å². The highest BCUT2D eigenvalue weighted by Crippen LogP contribution is 2.09. The second-order valence-corrected chi connectivity index (χ2v) is 3.57. The van der Waals surface area contributed by atoms with Crippen molar-refractivity contribution in [3.8, 4) is 12.3 Å². The van der Waals surface area contributed by atoms with Gasteiger partial charge in [-0.25, -0.2) is 0 Å². The van der Waals surface area contributed by atoms with E-state index in [1.54, 1.807) is 0 Å². The fourth-order valence-electron chi connectivity index (χ4n) is 1.16. The topological polar surface area (TPSA) is 12.0 Å². The van der Waals surface area contributed by atoms with E-state index < -0.39 is 0 Å². The standard InChI is InChI=1S/C12H14ClN/c1-3-12(4-2)14-9-10-5-7-11(13)8-6-10/h1,5-8,12,14H,4,9H2,2H3. The molecule has 1 rings (SSSR count). The largest absolute Gasteiger partial charge is 0.300 e. The van der Waals surface area contributed by atoms with Gasteiger partial charge in [0.1, 0.15) is 0 Å². The molecule has 0 radical (unpaired) electrons. The molecule has 0 spiro atoms. The SMILES string of the molecule is C#CC(CC)NCc1ccc(Cl)cc1. The van der Waals surface area contributed by atoms with Crippen molar-refractivity contribution in [1.29, 1.82) is 0 Å². The number of hydrogen-bond acceptors (Lipinski definition) is 1. The van der Waals surface area contributed by atoms with E-state index in [4.69, 9.17) is 18.0 Å². The molecule has 1 unspecified atom stereocenters. The Morgan fingerprint density at radius 3 is 2.57 bits per heavy atom. The van der Waals surface area contributed by atoms with E-state index in [9.17, 15) is 0 Å². The zero-order chi connectivity index (χ0) is 10.4. The van der Waals surface area contributed by atoms with Crippen LogP contribution in [-0.4, -0.2) is 6.04 Å². The van der Waals surface area contributed by atoms with Crippen LogP contribution in [0.3, 0.4) is 0 Å². The monoisotopic (exact) mass is 207 g/mol.